The van der Waals surface area contributed by atoms with Crippen LogP contribution in [0.3, 0.4) is 0 Å². The van der Waals surface area contributed by atoms with Gasteiger partial charge in [-0.1, -0.05) is 38.8 Å². The molecule has 0 saturated carbocycles. The SMILES string of the molecule is CCCC1C=C(CCC(C)C)C1. The average molecular weight is 166 g/mol. The van der Waals surface area contributed by atoms with Crippen molar-refractivity contribution in [3.05, 3.63) is 11.6 Å². The minimum absolute atomic E-state index is 0.871. The van der Waals surface area contributed by atoms with Crippen molar-refractivity contribution in [2.45, 2.75) is 52.9 Å². The maximum atomic E-state index is 2.51. The molecule has 0 fully saturated rings. The molecule has 1 unspecified atom stereocenters. The first-order valence-corrected chi connectivity index (χ1v) is 5.42. The van der Waals surface area contributed by atoms with E-state index in [1.165, 1.54) is 32.1 Å². The summed E-state index contributed by atoms with van der Waals surface area (Å²) in [4.78, 5) is 0. The van der Waals surface area contributed by atoms with Gasteiger partial charge in [-0.2, -0.15) is 0 Å². The third-order valence-electron chi connectivity index (χ3n) is 2.70. The topological polar surface area (TPSA) is 0 Å². The molecular formula is C12H22. The van der Waals surface area contributed by atoms with Gasteiger partial charge < -0.3 is 0 Å². The predicted molar refractivity (Wildman–Crippen MR) is 55.2 cm³/mol. The Hall–Kier alpha value is -0.260. The largest absolute Gasteiger partial charge is 0.0819 e. The van der Waals surface area contributed by atoms with Crippen LogP contribution in [0, 0.1) is 11.8 Å². The standard InChI is InChI=1S/C12H22/c1-4-5-11-8-12(9-11)7-6-10(2)3/h8,10-11H,4-7,9H2,1-3H3. The molecule has 1 rings (SSSR count). The summed E-state index contributed by atoms with van der Waals surface area (Å²) in [7, 11) is 0. The van der Waals surface area contributed by atoms with E-state index >= 15 is 0 Å². The van der Waals surface area contributed by atoms with Crippen LogP contribution in [0.5, 0.6) is 0 Å². The highest BCUT2D eigenvalue weighted by atomic mass is 14.2. The van der Waals surface area contributed by atoms with Gasteiger partial charge in [-0.05, 0) is 37.5 Å². The van der Waals surface area contributed by atoms with Gasteiger partial charge in [-0.3, -0.25) is 0 Å². The summed E-state index contributed by atoms with van der Waals surface area (Å²) in [5.74, 6) is 1.81. The van der Waals surface area contributed by atoms with Crippen LogP contribution < -0.4 is 0 Å². The Labute approximate surface area is 77.1 Å². The third kappa shape index (κ3) is 3.00. The van der Waals surface area contributed by atoms with E-state index in [1.54, 1.807) is 5.57 Å². The minimum atomic E-state index is 0.871. The highest BCUT2D eigenvalue weighted by molar-refractivity contribution is 5.16. The molecule has 0 heteroatoms. The fraction of sp³-hybridized carbons (Fsp3) is 0.833. The monoisotopic (exact) mass is 166 g/mol. The third-order valence-corrected chi connectivity index (χ3v) is 2.70. The summed E-state index contributed by atoms with van der Waals surface area (Å²) in [6.45, 7) is 6.89. The highest BCUT2D eigenvalue weighted by Gasteiger charge is 2.17. The van der Waals surface area contributed by atoms with E-state index in [9.17, 15) is 0 Å². The van der Waals surface area contributed by atoms with Crippen LogP contribution in [0.2, 0.25) is 0 Å². The maximum absolute atomic E-state index is 2.51. The van der Waals surface area contributed by atoms with E-state index in [0.29, 0.717) is 0 Å². The van der Waals surface area contributed by atoms with Crippen molar-refractivity contribution >= 4 is 0 Å². The van der Waals surface area contributed by atoms with Gasteiger partial charge in [0.15, 0.2) is 0 Å². The number of hydrogen-bond donors (Lipinski definition) is 0. The first kappa shape index (κ1) is 9.83. The van der Waals surface area contributed by atoms with Gasteiger partial charge in [0.2, 0.25) is 0 Å². The molecule has 12 heavy (non-hydrogen) atoms. The van der Waals surface area contributed by atoms with Crippen molar-refractivity contribution in [2.75, 3.05) is 0 Å². The molecule has 0 radical (unpaired) electrons. The Bertz CT molecular complexity index is 153. The first-order valence-electron chi connectivity index (χ1n) is 5.42. The van der Waals surface area contributed by atoms with Crippen LogP contribution in [-0.2, 0) is 0 Å². The molecule has 0 heterocycles. The summed E-state index contributed by atoms with van der Waals surface area (Å²) >= 11 is 0. The zero-order valence-electron chi connectivity index (χ0n) is 8.77. The van der Waals surface area contributed by atoms with Crippen LogP contribution in [0.1, 0.15) is 52.9 Å². The Morgan fingerprint density at radius 2 is 2.17 bits per heavy atom. The van der Waals surface area contributed by atoms with Crippen LogP contribution >= 0.6 is 0 Å². The molecule has 0 amide bonds. The molecule has 0 bridgehead atoms. The predicted octanol–water partition coefficient (Wildman–Crippen LogP) is 4.17. The van der Waals surface area contributed by atoms with Gasteiger partial charge in [0.25, 0.3) is 0 Å². The van der Waals surface area contributed by atoms with E-state index in [0.717, 1.165) is 11.8 Å². The summed E-state index contributed by atoms with van der Waals surface area (Å²) in [6.07, 6.45) is 9.40. The second-order valence-corrected chi connectivity index (χ2v) is 4.51. The first-order chi connectivity index (χ1) is 5.72. The van der Waals surface area contributed by atoms with Gasteiger partial charge in [0.05, 0.1) is 0 Å². The fourth-order valence-electron chi connectivity index (χ4n) is 1.85. The Balaban J connectivity index is 2.09. The fourth-order valence-corrected chi connectivity index (χ4v) is 1.85. The van der Waals surface area contributed by atoms with Gasteiger partial charge in [0.1, 0.15) is 0 Å². The molecule has 0 aromatic heterocycles. The normalized spacial score (nSPS) is 22.3. The minimum Gasteiger partial charge on any atom is -0.0819 e. The second kappa shape index (κ2) is 4.69. The van der Waals surface area contributed by atoms with E-state index in [1.807, 2.05) is 0 Å². The van der Waals surface area contributed by atoms with Crippen LogP contribution in [0.25, 0.3) is 0 Å². The zero-order chi connectivity index (χ0) is 8.97. The molecule has 1 aliphatic carbocycles. The lowest BCUT2D eigenvalue weighted by Crippen LogP contribution is -2.10. The molecule has 0 aliphatic heterocycles. The molecule has 0 aromatic carbocycles. The Morgan fingerprint density at radius 1 is 1.50 bits per heavy atom. The summed E-state index contributed by atoms with van der Waals surface area (Å²) in [5.41, 5.74) is 1.72. The number of hydrogen-bond acceptors (Lipinski definition) is 0. The number of allylic oxidation sites excluding steroid dienone is 2. The molecule has 1 aliphatic rings. The lowest BCUT2D eigenvalue weighted by Gasteiger charge is -2.25. The highest BCUT2D eigenvalue weighted by Crippen LogP contribution is 2.33. The van der Waals surface area contributed by atoms with Gasteiger partial charge in [-0.15, -0.1) is 0 Å². The average Bonchev–Trinajstić information content (AvgIpc) is 1.93. The molecular weight excluding hydrogens is 144 g/mol. The molecule has 0 saturated heterocycles. The van der Waals surface area contributed by atoms with E-state index in [4.69, 9.17) is 0 Å². The van der Waals surface area contributed by atoms with Crippen LogP contribution in [-0.4, -0.2) is 0 Å². The summed E-state index contributed by atoms with van der Waals surface area (Å²) in [5, 5.41) is 0. The Morgan fingerprint density at radius 3 is 2.67 bits per heavy atom. The smallest absolute Gasteiger partial charge is 0.0194 e. The lowest BCUT2D eigenvalue weighted by molar-refractivity contribution is 0.485. The molecule has 0 nitrogen and oxygen atoms in total. The lowest BCUT2D eigenvalue weighted by atomic mass is 9.81. The van der Waals surface area contributed by atoms with Gasteiger partial charge >= 0.3 is 0 Å². The zero-order valence-corrected chi connectivity index (χ0v) is 8.77. The van der Waals surface area contributed by atoms with Gasteiger partial charge in [-0.25, -0.2) is 0 Å². The van der Waals surface area contributed by atoms with Crippen molar-refractivity contribution in [1.82, 2.24) is 0 Å². The maximum Gasteiger partial charge on any atom is -0.0194 e. The van der Waals surface area contributed by atoms with Crippen LogP contribution in [0.15, 0.2) is 11.6 Å². The molecule has 0 spiro atoms. The van der Waals surface area contributed by atoms with Crippen molar-refractivity contribution in [2.24, 2.45) is 11.8 Å². The van der Waals surface area contributed by atoms with Gasteiger partial charge in [0, 0.05) is 0 Å². The van der Waals surface area contributed by atoms with Crippen LogP contribution in [0.4, 0.5) is 0 Å². The summed E-state index contributed by atoms with van der Waals surface area (Å²) < 4.78 is 0. The Kier molecular flexibility index (Phi) is 3.84. The van der Waals surface area contributed by atoms with E-state index in [2.05, 4.69) is 26.8 Å². The van der Waals surface area contributed by atoms with Crippen molar-refractivity contribution in [3.8, 4) is 0 Å². The molecule has 0 N–H and O–H groups in total. The molecule has 0 aromatic rings. The molecule has 70 valence electrons. The second-order valence-electron chi connectivity index (χ2n) is 4.51. The van der Waals surface area contributed by atoms with E-state index < -0.39 is 0 Å². The quantitative estimate of drug-likeness (QED) is 0.538. The van der Waals surface area contributed by atoms with Crippen molar-refractivity contribution in [3.63, 3.8) is 0 Å². The van der Waals surface area contributed by atoms with E-state index in [-0.39, 0.29) is 0 Å². The molecule has 1 atom stereocenters. The van der Waals surface area contributed by atoms with Crippen molar-refractivity contribution in [1.29, 1.82) is 0 Å². The summed E-state index contributed by atoms with van der Waals surface area (Å²) in [6, 6.07) is 0. The van der Waals surface area contributed by atoms with Crippen molar-refractivity contribution < 1.29 is 0 Å². The number of rotatable bonds is 5.